The Labute approximate surface area is 229 Å². The summed E-state index contributed by atoms with van der Waals surface area (Å²) in [6, 6.07) is 17.4. The van der Waals surface area contributed by atoms with Crippen LogP contribution in [0, 0.1) is 0 Å². The first-order valence-electron chi connectivity index (χ1n) is 12.2. The number of hydrogen-bond acceptors (Lipinski definition) is 7. The van der Waals surface area contributed by atoms with E-state index in [9.17, 15) is 19.5 Å². The van der Waals surface area contributed by atoms with Gasteiger partial charge in [0.1, 0.15) is 5.75 Å². The number of amides is 1. The van der Waals surface area contributed by atoms with Crippen molar-refractivity contribution in [3.63, 3.8) is 0 Å². The van der Waals surface area contributed by atoms with E-state index in [1.54, 1.807) is 48.5 Å². The summed E-state index contributed by atoms with van der Waals surface area (Å²) in [5.41, 5.74) is 2.11. The molecule has 0 aliphatic carbocycles. The van der Waals surface area contributed by atoms with Gasteiger partial charge in [-0.15, -0.1) is 0 Å². The molecule has 2 heterocycles. The monoisotopic (exact) mass is 545 g/mol. The van der Waals surface area contributed by atoms with E-state index in [1.165, 1.54) is 25.0 Å². The Morgan fingerprint density at radius 3 is 2.49 bits per heavy atom. The van der Waals surface area contributed by atoms with Gasteiger partial charge in [-0.25, -0.2) is 0 Å². The number of halogens is 1. The molecule has 39 heavy (non-hydrogen) atoms. The number of anilines is 1. The molecule has 0 radical (unpaired) electrons. The highest BCUT2D eigenvalue weighted by Gasteiger charge is 2.45. The number of fused-ring (bicyclic) bond motifs is 1. The molecule has 1 amide bonds. The molecular weight excluding hydrogens is 522 g/mol. The van der Waals surface area contributed by atoms with E-state index >= 15 is 0 Å². The maximum absolute atomic E-state index is 13.9. The normalized spacial score (nSPS) is 15.2. The molecule has 1 aromatic heterocycles. The van der Waals surface area contributed by atoms with Gasteiger partial charge in [0.2, 0.25) is 5.78 Å². The van der Waals surface area contributed by atoms with Gasteiger partial charge in [0.05, 0.1) is 18.7 Å². The smallest absolute Gasteiger partial charge is 0.308 e. The number of furan rings is 1. The number of benzene rings is 3. The molecule has 0 fully saturated rings. The lowest BCUT2D eigenvalue weighted by molar-refractivity contribution is -0.131. The molecule has 9 heteroatoms. The standard InChI is InChI=1S/C30H24ClNO7/c1-4-17-8-10-21(11-9-17)32-26(18-6-5-7-22(13-18)38-16(2)33)25(28(35)30(32)36)27(34)23-14-19-12-20(31)15-24(37-3)29(19)39-23/h5-15,26,35H,4H2,1-3H3. The molecule has 1 aliphatic heterocycles. The lowest BCUT2D eigenvalue weighted by Crippen LogP contribution is -2.31. The van der Waals surface area contributed by atoms with Gasteiger partial charge in [-0.1, -0.05) is 42.8 Å². The van der Waals surface area contributed by atoms with E-state index in [2.05, 4.69) is 0 Å². The van der Waals surface area contributed by atoms with Crippen molar-refractivity contribution in [2.75, 3.05) is 12.0 Å². The average molecular weight is 546 g/mol. The first kappa shape index (κ1) is 26.1. The molecule has 1 aliphatic rings. The molecule has 5 rings (SSSR count). The van der Waals surface area contributed by atoms with Gasteiger partial charge in [-0.3, -0.25) is 19.3 Å². The van der Waals surface area contributed by atoms with Crippen LogP contribution in [0.2, 0.25) is 5.02 Å². The van der Waals surface area contributed by atoms with Crippen LogP contribution >= 0.6 is 11.6 Å². The quantitative estimate of drug-likeness (QED) is 0.163. The highest BCUT2D eigenvalue weighted by molar-refractivity contribution is 6.31. The lowest BCUT2D eigenvalue weighted by atomic mass is 9.94. The highest BCUT2D eigenvalue weighted by atomic mass is 35.5. The molecule has 0 saturated carbocycles. The topological polar surface area (TPSA) is 106 Å². The van der Waals surface area contributed by atoms with Crippen molar-refractivity contribution in [3.8, 4) is 11.5 Å². The maximum atomic E-state index is 13.9. The first-order valence-corrected chi connectivity index (χ1v) is 12.6. The van der Waals surface area contributed by atoms with Crippen LogP contribution in [0.3, 0.4) is 0 Å². The van der Waals surface area contributed by atoms with E-state index in [0.717, 1.165) is 12.0 Å². The van der Waals surface area contributed by atoms with Crippen molar-refractivity contribution in [2.24, 2.45) is 0 Å². The van der Waals surface area contributed by atoms with Crippen LogP contribution in [0.5, 0.6) is 11.5 Å². The minimum atomic E-state index is -1.04. The van der Waals surface area contributed by atoms with Gasteiger partial charge < -0.3 is 19.0 Å². The van der Waals surface area contributed by atoms with Crippen molar-refractivity contribution in [1.82, 2.24) is 0 Å². The second kappa shape index (κ2) is 10.3. The predicted molar refractivity (Wildman–Crippen MR) is 146 cm³/mol. The second-order valence-electron chi connectivity index (χ2n) is 8.99. The van der Waals surface area contributed by atoms with Gasteiger partial charge in [0.25, 0.3) is 5.91 Å². The van der Waals surface area contributed by atoms with E-state index in [4.69, 9.17) is 25.5 Å². The number of aliphatic hydroxyl groups is 1. The van der Waals surface area contributed by atoms with E-state index in [-0.39, 0.29) is 17.1 Å². The summed E-state index contributed by atoms with van der Waals surface area (Å²) >= 11 is 6.18. The number of carbonyl (C=O) groups is 3. The van der Waals surface area contributed by atoms with Crippen LogP contribution in [0.1, 0.15) is 41.6 Å². The maximum Gasteiger partial charge on any atom is 0.308 e. The molecule has 198 valence electrons. The number of carbonyl (C=O) groups excluding carboxylic acids is 3. The summed E-state index contributed by atoms with van der Waals surface area (Å²) in [4.78, 5) is 40.3. The number of nitrogens with zero attached hydrogens (tertiary/aromatic N) is 1. The number of aryl methyl sites for hydroxylation is 1. The van der Waals surface area contributed by atoms with Crippen LogP contribution in [-0.2, 0) is 16.0 Å². The van der Waals surface area contributed by atoms with Crippen molar-refractivity contribution >= 4 is 45.9 Å². The minimum absolute atomic E-state index is 0.107. The Morgan fingerprint density at radius 2 is 1.82 bits per heavy atom. The number of aliphatic hydroxyl groups excluding tert-OH is 1. The van der Waals surface area contributed by atoms with E-state index < -0.39 is 29.5 Å². The zero-order chi connectivity index (χ0) is 27.8. The average Bonchev–Trinajstić information content (AvgIpc) is 3.46. The number of ether oxygens (including phenoxy) is 2. The molecule has 1 unspecified atom stereocenters. The molecule has 0 bridgehead atoms. The summed E-state index contributed by atoms with van der Waals surface area (Å²) in [6.07, 6.45) is 0.800. The van der Waals surface area contributed by atoms with Gasteiger partial charge in [-0.05, 0) is 53.9 Å². The van der Waals surface area contributed by atoms with Gasteiger partial charge in [-0.2, -0.15) is 0 Å². The van der Waals surface area contributed by atoms with E-state index in [1.807, 2.05) is 19.1 Å². The lowest BCUT2D eigenvalue weighted by Gasteiger charge is -2.27. The number of methoxy groups -OCH3 is 1. The fourth-order valence-electron chi connectivity index (χ4n) is 4.71. The highest BCUT2D eigenvalue weighted by Crippen LogP contribution is 2.43. The van der Waals surface area contributed by atoms with Crippen LogP contribution in [-0.4, -0.2) is 29.9 Å². The third-order valence-corrected chi connectivity index (χ3v) is 6.72. The Balaban J connectivity index is 1.66. The number of rotatable bonds is 7. The molecule has 0 saturated heterocycles. The third-order valence-electron chi connectivity index (χ3n) is 6.50. The zero-order valence-electron chi connectivity index (χ0n) is 21.4. The van der Waals surface area contributed by atoms with Crippen LogP contribution < -0.4 is 14.4 Å². The largest absolute Gasteiger partial charge is 0.503 e. The molecule has 1 N–H and O–H groups in total. The predicted octanol–water partition coefficient (Wildman–Crippen LogP) is 6.37. The van der Waals surface area contributed by atoms with Crippen molar-refractivity contribution in [1.29, 1.82) is 0 Å². The number of Topliss-reactive ketones (excluding diaryl/α,β-unsaturated/α-hetero) is 1. The van der Waals surface area contributed by atoms with E-state index in [0.29, 0.717) is 33.0 Å². The molecule has 4 aromatic rings. The summed E-state index contributed by atoms with van der Waals surface area (Å²) in [5.74, 6) is -2.20. The Morgan fingerprint density at radius 1 is 1.08 bits per heavy atom. The SMILES string of the molecule is CCc1ccc(N2C(=O)C(O)=C(C(=O)c3cc4cc(Cl)cc(OC)c4o3)C2c2cccc(OC(C)=O)c2)cc1. The molecular formula is C30H24ClNO7. The summed E-state index contributed by atoms with van der Waals surface area (Å²) in [5, 5.41) is 12.0. The summed E-state index contributed by atoms with van der Waals surface area (Å²) < 4.78 is 16.4. The fourth-order valence-corrected chi connectivity index (χ4v) is 4.92. The molecule has 0 spiro atoms. The zero-order valence-corrected chi connectivity index (χ0v) is 22.1. The second-order valence-corrected chi connectivity index (χ2v) is 9.43. The van der Waals surface area contributed by atoms with Crippen LogP contribution in [0.25, 0.3) is 11.0 Å². The third kappa shape index (κ3) is 4.75. The first-order chi connectivity index (χ1) is 18.7. The molecule has 8 nitrogen and oxygen atoms in total. The Hall–Kier alpha value is -4.56. The van der Waals surface area contributed by atoms with Crippen LogP contribution in [0.15, 0.2) is 82.5 Å². The minimum Gasteiger partial charge on any atom is -0.503 e. The fraction of sp³-hybridized carbons (Fsp3) is 0.167. The Kier molecular flexibility index (Phi) is 6.89. The summed E-state index contributed by atoms with van der Waals surface area (Å²) in [7, 11) is 1.45. The van der Waals surface area contributed by atoms with Crippen molar-refractivity contribution < 1.29 is 33.4 Å². The van der Waals surface area contributed by atoms with Crippen molar-refractivity contribution in [3.05, 3.63) is 100.0 Å². The number of ketones is 1. The number of hydrogen-bond donors (Lipinski definition) is 1. The number of esters is 1. The summed E-state index contributed by atoms with van der Waals surface area (Å²) in [6.45, 7) is 3.29. The Bertz CT molecular complexity index is 1650. The molecule has 3 aromatic carbocycles. The van der Waals surface area contributed by atoms with Crippen molar-refractivity contribution in [2.45, 2.75) is 26.3 Å². The van der Waals surface area contributed by atoms with Gasteiger partial charge in [0, 0.05) is 29.1 Å². The van der Waals surface area contributed by atoms with Crippen LogP contribution in [0.4, 0.5) is 5.69 Å². The molecule has 1 atom stereocenters. The van der Waals surface area contributed by atoms with Gasteiger partial charge in [0.15, 0.2) is 22.9 Å². The van der Waals surface area contributed by atoms with Gasteiger partial charge >= 0.3 is 5.97 Å².